The zero-order valence-electron chi connectivity index (χ0n) is 5.76. The van der Waals surface area contributed by atoms with E-state index in [0.717, 1.165) is 0 Å². The highest BCUT2D eigenvalue weighted by molar-refractivity contribution is 8.14. The fourth-order valence-corrected chi connectivity index (χ4v) is 2.28. The average molecular weight is 237 g/mol. The van der Waals surface area contributed by atoms with Crippen LogP contribution in [0.25, 0.3) is 0 Å². The molecule has 0 amide bonds. The molecule has 0 aliphatic carbocycles. The van der Waals surface area contributed by atoms with Crippen LogP contribution in [-0.2, 0) is 4.74 Å². The molecule has 0 aromatic carbocycles. The van der Waals surface area contributed by atoms with Gasteiger partial charge in [0.25, 0.3) is 0 Å². The van der Waals surface area contributed by atoms with E-state index in [2.05, 4.69) is 5.32 Å². The van der Waals surface area contributed by atoms with Crippen molar-refractivity contribution in [2.24, 2.45) is 0 Å². The van der Waals surface area contributed by atoms with Gasteiger partial charge in [-0.3, -0.25) is 5.32 Å². The topological polar surface area (TPSA) is 21.3 Å². The molecule has 1 aliphatic rings. The Hall–Kier alpha value is 0.760. The van der Waals surface area contributed by atoms with Crippen LogP contribution in [0.3, 0.4) is 0 Å². The van der Waals surface area contributed by atoms with Gasteiger partial charge in [0.15, 0.2) is 0 Å². The van der Waals surface area contributed by atoms with Crippen molar-refractivity contribution < 1.29 is 16.4 Å². The standard InChI is InChI=1S/C4H6F3NOS3/c5-10-3-4(11-6,12-7)9-2-1-8-3/h3,8H,1-2H2. The van der Waals surface area contributed by atoms with E-state index in [0.29, 0.717) is 6.54 Å². The van der Waals surface area contributed by atoms with Gasteiger partial charge in [0.2, 0.25) is 4.27 Å². The van der Waals surface area contributed by atoms with Crippen LogP contribution in [0.2, 0.25) is 0 Å². The molecule has 72 valence electrons. The maximum Gasteiger partial charge on any atom is 0.248 e. The van der Waals surface area contributed by atoms with Crippen LogP contribution < -0.4 is 5.32 Å². The van der Waals surface area contributed by atoms with E-state index in [9.17, 15) is 11.7 Å². The van der Waals surface area contributed by atoms with Gasteiger partial charge in [-0.05, 0) is 0 Å². The molecular formula is C4H6F3NOS3. The molecule has 0 spiro atoms. The Bertz CT molecular complexity index is 148. The van der Waals surface area contributed by atoms with Gasteiger partial charge in [0.05, 0.1) is 43.1 Å². The summed E-state index contributed by atoms with van der Waals surface area (Å²) in [6.07, 6.45) is 0. The largest absolute Gasteiger partial charge is 0.347 e. The third kappa shape index (κ3) is 1.98. The van der Waals surface area contributed by atoms with E-state index in [4.69, 9.17) is 4.74 Å². The first kappa shape index (κ1) is 10.8. The molecular weight excluding hydrogens is 231 g/mol. The van der Waals surface area contributed by atoms with Crippen LogP contribution in [0.1, 0.15) is 0 Å². The average Bonchev–Trinajstić information content (AvgIpc) is 2.17. The molecule has 1 saturated heterocycles. The number of morpholine rings is 1. The van der Waals surface area contributed by atoms with E-state index in [-0.39, 0.29) is 43.1 Å². The Labute approximate surface area is 81.2 Å². The van der Waals surface area contributed by atoms with Gasteiger partial charge in [-0.15, -0.1) is 0 Å². The zero-order chi connectivity index (χ0) is 9.03. The summed E-state index contributed by atoms with van der Waals surface area (Å²) in [4.78, 5) is 0. The molecule has 1 heterocycles. The summed E-state index contributed by atoms with van der Waals surface area (Å²) < 4.78 is 39.8. The Morgan fingerprint density at radius 3 is 2.42 bits per heavy atom. The third-order valence-electron chi connectivity index (χ3n) is 1.36. The van der Waals surface area contributed by atoms with Crippen LogP contribution in [0, 0.1) is 0 Å². The first-order chi connectivity index (χ1) is 5.79. The highest BCUT2D eigenvalue weighted by atomic mass is 32.2. The van der Waals surface area contributed by atoms with Crippen LogP contribution >= 0.6 is 36.4 Å². The highest BCUT2D eigenvalue weighted by Crippen LogP contribution is 2.47. The lowest BCUT2D eigenvalue weighted by Gasteiger charge is -2.35. The summed E-state index contributed by atoms with van der Waals surface area (Å²) in [5.74, 6) is 0. The first-order valence-corrected chi connectivity index (χ1v) is 5.24. The van der Waals surface area contributed by atoms with Crippen molar-refractivity contribution in [1.29, 1.82) is 0 Å². The molecule has 1 rings (SSSR count). The molecule has 1 fully saturated rings. The van der Waals surface area contributed by atoms with Crippen LogP contribution in [0.4, 0.5) is 11.7 Å². The highest BCUT2D eigenvalue weighted by Gasteiger charge is 2.47. The van der Waals surface area contributed by atoms with Gasteiger partial charge >= 0.3 is 0 Å². The van der Waals surface area contributed by atoms with Gasteiger partial charge in [0.1, 0.15) is 5.37 Å². The molecule has 8 heteroatoms. The summed E-state index contributed by atoms with van der Waals surface area (Å²) in [5, 5.41) is 1.59. The second-order valence-electron chi connectivity index (χ2n) is 2.03. The molecule has 1 unspecified atom stereocenters. The third-order valence-corrected chi connectivity index (χ3v) is 3.85. The Balaban J connectivity index is 2.66. The van der Waals surface area contributed by atoms with Crippen molar-refractivity contribution in [1.82, 2.24) is 5.32 Å². The maximum absolute atomic E-state index is 12.3. The van der Waals surface area contributed by atoms with E-state index in [1.54, 1.807) is 0 Å². The summed E-state index contributed by atoms with van der Waals surface area (Å²) in [6.45, 7) is 0.565. The van der Waals surface area contributed by atoms with E-state index in [1.165, 1.54) is 0 Å². The van der Waals surface area contributed by atoms with Gasteiger partial charge < -0.3 is 4.74 Å². The fourth-order valence-electron chi connectivity index (χ4n) is 0.807. The molecule has 0 aromatic rings. The number of halogens is 3. The predicted molar refractivity (Wildman–Crippen MR) is 46.6 cm³/mol. The van der Waals surface area contributed by atoms with E-state index in [1.807, 2.05) is 0 Å². The smallest absolute Gasteiger partial charge is 0.248 e. The molecule has 0 aromatic heterocycles. The summed E-state index contributed by atoms with van der Waals surface area (Å²) in [6, 6.07) is 0. The molecule has 12 heavy (non-hydrogen) atoms. The fraction of sp³-hybridized carbons (Fsp3) is 1.00. The number of rotatable bonds is 3. The van der Waals surface area contributed by atoms with Crippen LogP contribution in [0.15, 0.2) is 0 Å². The van der Waals surface area contributed by atoms with Crippen molar-refractivity contribution in [3.05, 3.63) is 0 Å². The number of hydrogen-bond donors (Lipinski definition) is 1. The number of ether oxygens (including phenoxy) is 1. The summed E-state index contributed by atoms with van der Waals surface area (Å²) in [7, 11) is 0. The molecule has 0 radical (unpaired) electrons. The lowest BCUT2D eigenvalue weighted by atomic mass is 10.5. The summed E-state index contributed by atoms with van der Waals surface area (Å²) in [5.41, 5.74) is 0. The summed E-state index contributed by atoms with van der Waals surface area (Å²) >= 11 is -0.819. The molecule has 1 aliphatic heterocycles. The number of nitrogens with one attached hydrogen (secondary N) is 1. The SMILES string of the molecule is FSC1NCCOC1(SF)SF. The van der Waals surface area contributed by atoms with Gasteiger partial charge in [-0.25, -0.2) is 0 Å². The minimum absolute atomic E-state index is 0.156. The Morgan fingerprint density at radius 2 is 2.00 bits per heavy atom. The predicted octanol–water partition coefficient (Wildman–Crippen LogP) is 2.44. The molecule has 0 saturated carbocycles. The normalized spacial score (nSPS) is 28.8. The van der Waals surface area contributed by atoms with Gasteiger partial charge in [-0.2, -0.15) is 11.7 Å². The second kappa shape index (κ2) is 4.85. The maximum atomic E-state index is 12.3. The first-order valence-electron chi connectivity index (χ1n) is 3.03. The molecule has 1 N–H and O–H groups in total. The lowest BCUT2D eigenvalue weighted by Crippen LogP contribution is -2.51. The minimum Gasteiger partial charge on any atom is -0.347 e. The Morgan fingerprint density at radius 1 is 1.33 bits per heavy atom. The van der Waals surface area contributed by atoms with Crippen molar-refractivity contribution >= 4 is 36.4 Å². The Kier molecular flexibility index (Phi) is 4.38. The van der Waals surface area contributed by atoms with Crippen molar-refractivity contribution in [3.8, 4) is 0 Å². The zero-order valence-corrected chi connectivity index (χ0v) is 8.21. The van der Waals surface area contributed by atoms with Crippen molar-refractivity contribution in [2.45, 2.75) is 9.64 Å². The van der Waals surface area contributed by atoms with E-state index < -0.39 is 9.64 Å². The monoisotopic (exact) mass is 237 g/mol. The molecule has 1 atom stereocenters. The van der Waals surface area contributed by atoms with Gasteiger partial charge in [0, 0.05) is 6.54 Å². The number of hydrogen-bond acceptors (Lipinski definition) is 5. The van der Waals surface area contributed by atoms with Gasteiger partial charge in [-0.1, -0.05) is 0 Å². The van der Waals surface area contributed by atoms with E-state index >= 15 is 0 Å². The van der Waals surface area contributed by atoms with Crippen molar-refractivity contribution in [3.63, 3.8) is 0 Å². The lowest BCUT2D eigenvalue weighted by molar-refractivity contribution is 0.0492. The second-order valence-corrected chi connectivity index (χ2v) is 4.46. The molecule has 0 bridgehead atoms. The molecule has 2 nitrogen and oxygen atoms in total. The van der Waals surface area contributed by atoms with Crippen LogP contribution in [-0.4, -0.2) is 22.8 Å². The van der Waals surface area contributed by atoms with Crippen LogP contribution in [0.5, 0.6) is 0 Å². The minimum atomic E-state index is -1.79. The quantitative estimate of drug-likeness (QED) is 0.759. The van der Waals surface area contributed by atoms with Crippen molar-refractivity contribution in [2.75, 3.05) is 13.2 Å².